The molecule has 21 heavy (non-hydrogen) atoms. The third-order valence-corrected chi connectivity index (χ3v) is 3.85. The molecule has 114 valence electrons. The van der Waals surface area contributed by atoms with E-state index in [0.717, 1.165) is 19.4 Å². The third-order valence-electron chi connectivity index (χ3n) is 3.85. The second-order valence-corrected chi connectivity index (χ2v) is 5.30. The fourth-order valence-corrected chi connectivity index (χ4v) is 2.34. The summed E-state index contributed by atoms with van der Waals surface area (Å²) in [5.41, 5.74) is 0.198. The van der Waals surface area contributed by atoms with Gasteiger partial charge in [-0.2, -0.15) is 0 Å². The molecule has 1 fully saturated rings. The maximum Gasteiger partial charge on any atom is 0.339 e. The molecule has 2 rings (SSSR count). The van der Waals surface area contributed by atoms with Crippen molar-refractivity contribution in [2.24, 2.45) is 5.92 Å². The summed E-state index contributed by atoms with van der Waals surface area (Å²) in [7, 11) is 0. The van der Waals surface area contributed by atoms with Gasteiger partial charge in [-0.3, -0.25) is 0 Å². The minimum Gasteiger partial charge on any atom is -0.507 e. The summed E-state index contributed by atoms with van der Waals surface area (Å²) in [6, 6.07) is 3.76. The highest BCUT2D eigenvalue weighted by Gasteiger charge is 2.23. The van der Waals surface area contributed by atoms with E-state index in [-0.39, 0.29) is 17.3 Å². The Kier molecular flexibility index (Phi) is 4.67. The van der Waals surface area contributed by atoms with E-state index in [0.29, 0.717) is 18.2 Å². The lowest BCUT2D eigenvalue weighted by Gasteiger charge is -2.31. The number of aromatic hydroxyl groups is 1. The number of carboxylic acid groups (broad SMARTS) is 1. The van der Waals surface area contributed by atoms with Crippen molar-refractivity contribution in [3.63, 3.8) is 0 Å². The van der Waals surface area contributed by atoms with Crippen LogP contribution in [0.1, 0.15) is 36.5 Å². The Morgan fingerprint density at radius 1 is 1.38 bits per heavy atom. The van der Waals surface area contributed by atoms with Crippen LogP contribution in [0.4, 0.5) is 10.5 Å². The number of anilines is 1. The average molecular weight is 292 g/mol. The Bertz CT molecular complexity index is 540. The van der Waals surface area contributed by atoms with Crippen molar-refractivity contribution in [2.75, 3.05) is 18.4 Å². The van der Waals surface area contributed by atoms with Crippen molar-refractivity contribution in [1.82, 2.24) is 4.90 Å². The van der Waals surface area contributed by atoms with Crippen molar-refractivity contribution in [3.05, 3.63) is 23.8 Å². The molecular formula is C15H20N2O4. The molecule has 1 aromatic rings. The first-order valence-electron chi connectivity index (χ1n) is 7.13. The van der Waals surface area contributed by atoms with Crippen molar-refractivity contribution < 1.29 is 19.8 Å². The van der Waals surface area contributed by atoms with Gasteiger partial charge in [-0.15, -0.1) is 0 Å². The van der Waals surface area contributed by atoms with Gasteiger partial charge in [-0.05, 0) is 37.8 Å². The molecule has 0 spiro atoms. The Hall–Kier alpha value is -2.24. The first-order chi connectivity index (χ1) is 10.0. The minimum absolute atomic E-state index is 0.185. The zero-order valence-electron chi connectivity index (χ0n) is 12.0. The predicted molar refractivity (Wildman–Crippen MR) is 78.7 cm³/mol. The van der Waals surface area contributed by atoms with Crippen molar-refractivity contribution in [2.45, 2.75) is 26.2 Å². The van der Waals surface area contributed by atoms with Crippen LogP contribution in [-0.4, -0.2) is 40.2 Å². The molecule has 6 heteroatoms. The van der Waals surface area contributed by atoms with Gasteiger partial charge >= 0.3 is 12.0 Å². The number of benzene rings is 1. The summed E-state index contributed by atoms with van der Waals surface area (Å²) in [6.45, 7) is 3.27. The van der Waals surface area contributed by atoms with Gasteiger partial charge < -0.3 is 20.4 Å². The molecule has 0 saturated heterocycles. The molecule has 0 bridgehead atoms. The number of aromatic carboxylic acids is 1. The topological polar surface area (TPSA) is 89.9 Å². The van der Waals surface area contributed by atoms with Crippen LogP contribution in [0.3, 0.4) is 0 Å². The lowest BCUT2D eigenvalue weighted by atomic mass is 9.85. The third kappa shape index (κ3) is 3.65. The van der Waals surface area contributed by atoms with Crippen LogP contribution in [0.25, 0.3) is 0 Å². The van der Waals surface area contributed by atoms with Crippen LogP contribution in [0.15, 0.2) is 18.2 Å². The van der Waals surface area contributed by atoms with E-state index in [1.165, 1.54) is 24.6 Å². The monoisotopic (exact) mass is 292 g/mol. The summed E-state index contributed by atoms with van der Waals surface area (Å²) in [5, 5.41) is 21.1. The molecule has 1 aromatic carbocycles. The second-order valence-electron chi connectivity index (χ2n) is 5.30. The van der Waals surface area contributed by atoms with Gasteiger partial charge in [0.05, 0.1) is 0 Å². The number of hydrogen-bond donors (Lipinski definition) is 3. The maximum atomic E-state index is 12.2. The number of hydrogen-bond acceptors (Lipinski definition) is 3. The number of carbonyl (C=O) groups excluding carboxylic acids is 1. The van der Waals surface area contributed by atoms with Gasteiger partial charge in [-0.25, -0.2) is 9.59 Å². The molecule has 1 aliphatic carbocycles. The number of phenols is 1. The van der Waals surface area contributed by atoms with Crippen LogP contribution in [-0.2, 0) is 0 Å². The number of urea groups is 1. The Morgan fingerprint density at radius 3 is 2.57 bits per heavy atom. The summed E-state index contributed by atoms with van der Waals surface area (Å²) >= 11 is 0. The van der Waals surface area contributed by atoms with E-state index in [4.69, 9.17) is 5.11 Å². The minimum atomic E-state index is -1.20. The highest BCUT2D eigenvalue weighted by molar-refractivity contribution is 5.93. The van der Waals surface area contributed by atoms with E-state index >= 15 is 0 Å². The molecule has 1 aliphatic rings. The van der Waals surface area contributed by atoms with E-state index in [2.05, 4.69) is 5.32 Å². The van der Waals surface area contributed by atoms with Crippen molar-refractivity contribution >= 4 is 17.7 Å². The normalized spacial score (nSPS) is 14.3. The van der Waals surface area contributed by atoms with Gasteiger partial charge in [-0.1, -0.05) is 6.42 Å². The first kappa shape index (κ1) is 15.2. The SMILES string of the molecule is CCN(CC1CCC1)C(=O)Nc1ccc(C(=O)O)c(O)c1. The largest absolute Gasteiger partial charge is 0.507 e. The number of amides is 2. The lowest BCUT2D eigenvalue weighted by Crippen LogP contribution is -2.39. The van der Waals surface area contributed by atoms with Crippen LogP contribution in [0.2, 0.25) is 0 Å². The van der Waals surface area contributed by atoms with Crippen LogP contribution in [0.5, 0.6) is 5.75 Å². The highest BCUT2D eigenvalue weighted by atomic mass is 16.4. The van der Waals surface area contributed by atoms with Crippen LogP contribution in [0, 0.1) is 5.92 Å². The predicted octanol–water partition coefficient (Wildman–Crippen LogP) is 2.74. The molecular weight excluding hydrogens is 272 g/mol. The fraction of sp³-hybridized carbons (Fsp3) is 0.467. The first-order valence-corrected chi connectivity index (χ1v) is 7.13. The van der Waals surface area contributed by atoms with Crippen LogP contribution >= 0.6 is 0 Å². The van der Waals surface area contributed by atoms with Crippen LogP contribution < -0.4 is 5.32 Å². The quantitative estimate of drug-likeness (QED) is 0.778. The van der Waals surface area contributed by atoms with Gasteiger partial charge in [0.25, 0.3) is 0 Å². The molecule has 0 unspecified atom stereocenters. The number of carboxylic acids is 1. The van der Waals surface area contributed by atoms with E-state index in [1.54, 1.807) is 4.90 Å². The second kappa shape index (κ2) is 6.47. The lowest BCUT2D eigenvalue weighted by molar-refractivity contribution is 0.0694. The average Bonchev–Trinajstić information content (AvgIpc) is 2.37. The molecule has 3 N–H and O–H groups in total. The van der Waals surface area contributed by atoms with E-state index < -0.39 is 5.97 Å². The Balaban J connectivity index is 2.00. The Morgan fingerprint density at radius 2 is 2.10 bits per heavy atom. The summed E-state index contributed by atoms with van der Waals surface area (Å²) in [4.78, 5) is 24.7. The molecule has 0 aromatic heterocycles. The standard InChI is InChI=1S/C15H20N2O4/c1-2-17(9-10-4-3-5-10)15(21)16-11-6-7-12(14(19)20)13(18)8-11/h6-8,10,18H,2-5,9H2,1H3,(H,16,21)(H,19,20). The number of rotatable bonds is 5. The van der Waals surface area contributed by atoms with Gasteiger partial charge in [0, 0.05) is 24.8 Å². The zero-order valence-corrected chi connectivity index (χ0v) is 12.0. The molecule has 0 aliphatic heterocycles. The van der Waals surface area contributed by atoms with E-state index in [9.17, 15) is 14.7 Å². The molecule has 0 radical (unpaired) electrons. The number of nitrogens with one attached hydrogen (secondary N) is 1. The summed E-state index contributed by atoms with van der Waals surface area (Å²) in [6.07, 6.45) is 3.56. The van der Waals surface area contributed by atoms with Crippen molar-refractivity contribution in [1.29, 1.82) is 0 Å². The molecule has 2 amide bonds. The number of nitrogens with zero attached hydrogens (tertiary/aromatic N) is 1. The zero-order chi connectivity index (χ0) is 15.4. The van der Waals surface area contributed by atoms with Gasteiger partial charge in [0.1, 0.15) is 11.3 Å². The molecule has 6 nitrogen and oxygen atoms in total. The fourth-order valence-electron chi connectivity index (χ4n) is 2.34. The van der Waals surface area contributed by atoms with E-state index in [1.807, 2.05) is 6.92 Å². The smallest absolute Gasteiger partial charge is 0.339 e. The summed E-state index contributed by atoms with van der Waals surface area (Å²) < 4.78 is 0. The van der Waals surface area contributed by atoms with Crippen molar-refractivity contribution in [3.8, 4) is 5.75 Å². The van der Waals surface area contributed by atoms with Gasteiger partial charge in [0.15, 0.2) is 0 Å². The Labute approximate surface area is 123 Å². The molecule has 0 heterocycles. The van der Waals surface area contributed by atoms with Gasteiger partial charge in [0.2, 0.25) is 0 Å². The number of carbonyl (C=O) groups is 2. The summed E-state index contributed by atoms with van der Waals surface area (Å²) in [5.74, 6) is -0.980. The highest BCUT2D eigenvalue weighted by Crippen LogP contribution is 2.27. The molecule has 0 atom stereocenters. The maximum absolute atomic E-state index is 12.2. The molecule has 1 saturated carbocycles.